The third-order valence-electron chi connectivity index (χ3n) is 5.67. The molecule has 1 aliphatic rings. The van der Waals surface area contributed by atoms with E-state index in [2.05, 4.69) is 26.5 Å². The lowest BCUT2D eigenvalue weighted by Crippen LogP contribution is -2.48. The van der Waals surface area contributed by atoms with Crippen LogP contribution in [0.1, 0.15) is 34.3 Å². The van der Waals surface area contributed by atoms with Crippen molar-refractivity contribution in [1.29, 1.82) is 0 Å². The van der Waals surface area contributed by atoms with E-state index in [0.29, 0.717) is 0 Å². The number of carbonyl (C=O) groups is 1. The van der Waals surface area contributed by atoms with E-state index in [9.17, 15) is 4.79 Å². The summed E-state index contributed by atoms with van der Waals surface area (Å²) < 4.78 is 5.23. The minimum absolute atomic E-state index is 0.000277. The quantitative estimate of drug-likeness (QED) is 0.672. The number of rotatable bonds is 5. The Labute approximate surface area is 177 Å². The van der Waals surface area contributed by atoms with Crippen LogP contribution in [0.15, 0.2) is 48.5 Å². The molecule has 30 heavy (non-hydrogen) atoms. The summed E-state index contributed by atoms with van der Waals surface area (Å²) >= 11 is 0. The lowest BCUT2D eigenvalue weighted by molar-refractivity contribution is 0.0932. The normalized spacial score (nSPS) is 16.4. The first-order valence-electron chi connectivity index (χ1n) is 10.4. The molecule has 1 atom stereocenters. The van der Waals surface area contributed by atoms with Gasteiger partial charge in [0.25, 0.3) is 5.91 Å². The van der Waals surface area contributed by atoms with Gasteiger partial charge in [0.15, 0.2) is 5.82 Å². The zero-order valence-corrected chi connectivity index (χ0v) is 17.7. The number of ether oxygens (including phenoxy) is 1. The molecule has 1 saturated heterocycles. The number of aromatic amines is 1. The molecular weight excluding hydrogens is 376 g/mol. The van der Waals surface area contributed by atoms with Gasteiger partial charge in [0.05, 0.1) is 12.8 Å². The monoisotopic (exact) mass is 404 g/mol. The average Bonchev–Trinajstić information content (AvgIpc) is 3.24. The number of piperidine rings is 1. The van der Waals surface area contributed by atoms with Crippen molar-refractivity contribution < 1.29 is 9.53 Å². The van der Waals surface area contributed by atoms with Crippen molar-refractivity contribution in [3.8, 4) is 17.0 Å². The number of hydrogen-bond acceptors (Lipinski definition) is 4. The molecule has 0 spiro atoms. The number of methoxy groups -OCH3 is 1. The van der Waals surface area contributed by atoms with Crippen molar-refractivity contribution in [3.63, 3.8) is 0 Å². The van der Waals surface area contributed by atoms with Crippen LogP contribution in [-0.4, -0.2) is 42.3 Å². The van der Waals surface area contributed by atoms with Crippen LogP contribution in [0, 0.1) is 13.8 Å². The van der Waals surface area contributed by atoms with Crippen LogP contribution < -0.4 is 15.0 Å². The lowest BCUT2D eigenvalue weighted by atomic mass is 10.0. The van der Waals surface area contributed by atoms with E-state index in [4.69, 9.17) is 4.74 Å². The molecule has 6 heteroatoms. The number of nitrogens with zero attached hydrogens (tertiary/aromatic N) is 2. The molecule has 4 rings (SSSR count). The summed E-state index contributed by atoms with van der Waals surface area (Å²) in [4.78, 5) is 15.0. The summed E-state index contributed by atoms with van der Waals surface area (Å²) in [5.74, 6) is 1.74. The third kappa shape index (κ3) is 4.32. The van der Waals surface area contributed by atoms with Gasteiger partial charge in [-0.05, 0) is 68.1 Å². The smallest absolute Gasteiger partial charge is 0.251 e. The molecule has 2 N–H and O–H groups in total. The summed E-state index contributed by atoms with van der Waals surface area (Å²) in [5.41, 5.74) is 4.95. The van der Waals surface area contributed by atoms with E-state index in [1.807, 2.05) is 56.3 Å². The molecule has 6 nitrogen and oxygen atoms in total. The molecule has 0 saturated carbocycles. The fraction of sp³-hybridized carbons (Fsp3) is 0.333. The van der Waals surface area contributed by atoms with E-state index < -0.39 is 0 Å². The first-order valence-corrected chi connectivity index (χ1v) is 10.4. The van der Waals surface area contributed by atoms with Crippen LogP contribution in [0.5, 0.6) is 5.75 Å². The van der Waals surface area contributed by atoms with Crippen LogP contribution in [0.25, 0.3) is 11.3 Å². The molecule has 1 fully saturated rings. The Balaban J connectivity index is 1.42. The summed E-state index contributed by atoms with van der Waals surface area (Å²) in [6.45, 7) is 5.71. The fourth-order valence-corrected chi connectivity index (χ4v) is 4.03. The topological polar surface area (TPSA) is 70.2 Å². The van der Waals surface area contributed by atoms with Crippen molar-refractivity contribution in [2.75, 3.05) is 25.1 Å². The second-order valence-electron chi connectivity index (χ2n) is 7.95. The molecule has 156 valence electrons. The standard InChI is InChI=1S/C24H28N4O2/c1-16-6-11-21(17(2)13-16)24(29)25-19-5-4-12-28(15-19)23-14-22(26-27-23)18-7-9-20(30-3)10-8-18/h6-11,13-14,19H,4-5,12,15H2,1-3H3,(H,25,29)(H,26,27). The highest BCUT2D eigenvalue weighted by Crippen LogP contribution is 2.26. The molecule has 3 aromatic rings. The fourth-order valence-electron chi connectivity index (χ4n) is 4.03. The van der Waals surface area contributed by atoms with Gasteiger partial charge in [-0.1, -0.05) is 17.7 Å². The molecule has 0 aliphatic carbocycles. The first kappa shape index (κ1) is 20.0. The summed E-state index contributed by atoms with van der Waals surface area (Å²) in [6.07, 6.45) is 1.99. The van der Waals surface area contributed by atoms with Gasteiger partial charge in [-0.15, -0.1) is 0 Å². The Morgan fingerprint density at radius 1 is 1.17 bits per heavy atom. The number of hydrogen-bond donors (Lipinski definition) is 2. The molecule has 1 unspecified atom stereocenters. The lowest BCUT2D eigenvalue weighted by Gasteiger charge is -2.33. The van der Waals surface area contributed by atoms with E-state index >= 15 is 0 Å². The van der Waals surface area contributed by atoms with Crippen molar-refractivity contribution in [3.05, 3.63) is 65.2 Å². The summed E-state index contributed by atoms with van der Waals surface area (Å²) in [5, 5.41) is 10.9. The van der Waals surface area contributed by atoms with Crippen LogP contribution in [0.3, 0.4) is 0 Å². The highest BCUT2D eigenvalue weighted by Gasteiger charge is 2.24. The zero-order valence-electron chi connectivity index (χ0n) is 17.7. The number of amides is 1. The van der Waals surface area contributed by atoms with E-state index in [1.165, 1.54) is 5.56 Å². The van der Waals surface area contributed by atoms with Gasteiger partial charge in [-0.25, -0.2) is 0 Å². The molecular formula is C24H28N4O2. The predicted molar refractivity (Wildman–Crippen MR) is 119 cm³/mol. The van der Waals surface area contributed by atoms with E-state index in [1.54, 1.807) is 7.11 Å². The number of nitrogens with one attached hydrogen (secondary N) is 2. The van der Waals surface area contributed by atoms with Gasteiger partial charge in [-0.2, -0.15) is 5.10 Å². The van der Waals surface area contributed by atoms with Crippen LogP contribution >= 0.6 is 0 Å². The molecule has 1 aliphatic heterocycles. The number of benzene rings is 2. The number of H-pyrrole nitrogens is 1. The predicted octanol–water partition coefficient (Wildman–Crippen LogP) is 4.10. The highest BCUT2D eigenvalue weighted by atomic mass is 16.5. The van der Waals surface area contributed by atoms with Gasteiger partial charge in [0.1, 0.15) is 5.75 Å². The third-order valence-corrected chi connectivity index (χ3v) is 5.67. The van der Waals surface area contributed by atoms with Gasteiger partial charge in [-0.3, -0.25) is 9.89 Å². The maximum Gasteiger partial charge on any atom is 0.251 e. The molecule has 2 heterocycles. The maximum absolute atomic E-state index is 12.8. The zero-order chi connectivity index (χ0) is 21.1. The van der Waals surface area contributed by atoms with Crippen molar-refractivity contribution >= 4 is 11.7 Å². The maximum atomic E-state index is 12.8. The summed E-state index contributed by atoms with van der Waals surface area (Å²) in [7, 11) is 1.66. The van der Waals surface area contributed by atoms with Crippen LogP contribution in [0.2, 0.25) is 0 Å². The van der Waals surface area contributed by atoms with Crippen molar-refractivity contribution in [2.24, 2.45) is 0 Å². The Bertz CT molecular complexity index is 1030. The molecule has 2 aromatic carbocycles. The van der Waals surface area contributed by atoms with Crippen LogP contribution in [0.4, 0.5) is 5.82 Å². The van der Waals surface area contributed by atoms with Crippen LogP contribution in [-0.2, 0) is 0 Å². The highest BCUT2D eigenvalue weighted by molar-refractivity contribution is 5.95. The molecule has 0 bridgehead atoms. The Morgan fingerprint density at radius 2 is 1.97 bits per heavy atom. The Morgan fingerprint density at radius 3 is 2.70 bits per heavy atom. The van der Waals surface area contributed by atoms with Gasteiger partial charge in [0.2, 0.25) is 0 Å². The Hall–Kier alpha value is -3.28. The second-order valence-corrected chi connectivity index (χ2v) is 7.95. The minimum atomic E-state index is 0.000277. The largest absolute Gasteiger partial charge is 0.497 e. The van der Waals surface area contributed by atoms with Crippen molar-refractivity contribution in [1.82, 2.24) is 15.5 Å². The van der Waals surface area contributed by atoms with Gasteiger partial charge < -0.3 is 15.0 Å². The Kier molecular flexibility index (Phi) is 5.74. The number of anilines is 1. The molecule has 1 aromatic heterocycles. The molecule has 0 radical (unpaired) electrons. The first-order chi connectivity index (χ1) is 14.5. The molecule has 1 amide bonds. The van der Waals surface area contributed by atoms with E-state index in [0.717, 1.165) is 59.9 Å². The number of aryl methyl sites for hydroxylation is 2. The van der Waals surface area contributed by atoms with Crippen molar-refractivity contribution in [2.45, 2.75) is 32.7 Å². The number of aromatic nitrogens is 2. The SMILES string of the molecule is COc1ccc(-c2cc(N3CCCC(NC(=O)c4ccc(C)cc4C)C3)n[nH]2)cc1. The summed E-state index contributed by atoms with van der Waals surface area (Å²) in [6, 6.07) is 16.0. The minimum Gasteiger partial charge on any atom is -0.497 e. The number of carbonyl (C=O) groups excluding carboxylic acids is 1. The van der Waals surface area contributed by atoms with Gasteiger partial charge in [0, 0.05) is 30.8 Å². The second kappa shape index (κ2) is 8.61. The van der Waals surface area contributed by atoms with E-state index in [-0.39, 0.29) is 11.9 Å². The average molecular weight is 405 g/mol. The van der Waals surface area contributed by atoms with Gasteiger partial charge >= 0.3 is 0 Å².